The van der Waals surface area contributed by atoms with Gasteiger partial charge in [-0.15, -0.1) is 0 Å². The fourth-order valence-corrected chi connectivity index (χ4v) is 4.01. The summed E-state index contributed by atoms with van der Waals surface area (Å²) in [6.45, 7) is 2.26. The number of ether oxygens (including phenoxy) is 1. The van der Waals surface area contributed by atoms with E-state index in [1.54, 1.807) is 7.11 Å². The summed E-state index contributed by atoms with van der Waals surface area (Å²) < 4.78 is 45.2. The fourth-order valence-electron chi connectivity index (χ4n) is 2.38. The Balaban J connectivity index is 2.35. The van der Waals surface area contributed by atoms with Crippen LogP contribution in [0.5, 0.6) is 0 Å². The molecule has 112 valence electrons. The van der Waals surface area contributed by atoms with Gasteiger partial charge in [0, 0.05) is 20.2 Å². The number of hydrogen-bond donors (Lipinski definition) is 1. The Hall–Kier alpha value is -1.18. The van der Waals surface area contributed by atoms with Gasteiger partial charge in [0.05, 0.1) is 16.7 Å². The summed E-state index contributed by atoms with van der Waals surface area (Å²) >= 11 is 0. The maximum atomic E-state index is 13.5. The second-order valence-corrected chi connectivity index (χ2v) is 6.94. The van der Waals surface area contributed by atoms with Gasteiger partial charge in [-0.05, 0) is 37.5 Å². The molecule has 1 aromatic rings. The van der Waals surface area contributed by atoms with Crippen molar-refractivity contribution in [3.05, 3.63) is 23.5 Å². The zero-order valence-electron chi connectivity index (χ0n) is 11.6. The minimum absolute atomic E-state index is 0.0330. The van der Waals surface area contributed by atoms with Crippen molar-refractivity contribution < 1.29 is 17.5 Å². The Bertz CT molecular complexity index is 581. The van der Waals surface area contributed by atoms with E-state index in [0.717, 1.165) is 12.8 Å². The maximum absolute atomic E-state index is 13.5. The predicted octanol–water partition coefficient (Wildman–Crippen LogP) is 1.52. The van der Waals surface area contributed by atoms with Crippen LogP contribution >= 0.6 is 0 Å². The van der Waals surface area contributed by atoms with E-state index in [2.05, 4.69) is 0 Å². The lowest BCUT2D eigenvalue weighted by atomic mass is 10.1. The zero-order chi connectivity index (χ0) is 14.9. The van der Waals surface area contributed by atoms with Gasteiger partial charge in [0.25, 0.3) is 0 Å². The summed E-state index contributed by atoms with van der Waals surface area (Å²) in [5, 5.41) is 0. The molecule has 0 aromatic heterocycles. The molecule has 0 aliphatic carbocycles. The largest absolute Gasteiger partial charge is 0.396 e. The molecule has 1 fully saturated rings. The molecule has 7 heteroatoms. The number of nitrogens with two attached hydrogens (primary N) is 1. The fraction of sp³-hybridized carbons (Fsp3) is 0.538. The number of piperidine rings is 1. The summed E-state index contributed by atoms with van der Waals surface area (Å²) in [6, 6.07) is 2.49. The second-order valence-electron chi connectivity index (χ2n) is 5.01. The Morgan fingerprint density at radius 2 is 2.15 bits per heavy atom. The van der Waals surface area contributed by atoms with Gasteiger partial charge >= 0.3 is 0 Å². The van der Waals surface area contributed by atoms with Crippen LogP contribution in [-0.4, -0.2) is 39.0 Å². The molecule has 0 spiro atoms. The van der Waals surface area contributed by atoms with E-state index < -0.39 is 15.8 Å². The van der Waals surface area contributed by atoms with Crippen LogP contribution in [0.15, 0.2) is 17.0 Å². The molecule has 1 aromatic carbocycles. The summed E-state index contributed by atoms with van der Waals surface area (Å²) in [6.07, 6.45) is 1.48. The van der Waals surface area contributed by atoms with Crippen LogP contribution in [0.2, 0.25) is 0 Å². The highest BCUT2D eigenvalue weighted by Crippen LogP contribution is 2.26. The van der Waals surface area contributed by atoms with E-state index in [1.807, 2.05) is 0 Å². The Labute approximate surface area is 118 Å². The first-order valence-corrected chi connectivity index (χ1v) is 7.89. The van der Waals surface area contributed by atoms with Gasteiger partial charge in [0.15, 0.2) is 0 Å². The first-order valence-electron chi connectivity index (χ1n) is 6.45. The van der Waals surface area contributed by atoms with Gasteiger partial charge in [-0.1, -0.05) is 0 Å². The Morgan fingerprint density at radius 3 is 2.75 bits per heavy atom. The molecule has 5 nitrogen and oxygen atoms in total. The lowest BCUT2D eigenvalue weighted by Crippen LogP contribution is -2.42. The van der Waals surface area contributed by atoms with Crippen molar-refractivity contribution in [2.75, 3.05) is 25.9 Å². The van der Waals surface area contributed by atoms with Gasteiger partial charge in [0.1, 0.15) is 5.82 Å². The highest BCUT2D eigenvalue weighted by atomic mass is 32.2. The molecule has 2 rings (SSSR count). The third kappa shape index (κ3) is 2.79. The van der Waals surface area contributed by atoms with Crippen LogP contribution in [0.4, 0.5) is 10.1 Å². The van der Waals surface area contributed by atoms with Crippen LogP contribution in [0.1, 0.15) is 18.4 Å². The van der Waals surface area contributed by atoms with Crippen molar-refractivity contribution in [3.63, 3.8) is 0 Å². The van der Waals surface area contributed by atoms with Gasteiger partial charge in [-0.25, -0.2) is 12.8 Å². The number of sulfonamides is 1. The maximum Gasteiger partial charge on any atom is 0.243 e. The summed E-state index contributed by atoms with van der Waals surface area (Å²) in [4.78, 5) is 0.0330. The number of rotatable bonds is 3. The van der Waals surface area contributed by atoms with Gasteiger partial charge in [-0.2, -0.15) is 4.31 Å². The van der Waals surface area contributed by atoms with Gasteiger partial charge < -0.3 is 10.5 Å². The SMILES string of the molecule is COC1CCCN(S(=O)(=O)c2cc(C)c(F)c(N)c2)C1. The molecule has 0 amide bonds. The summed E-state index contributed by atoms with van der Waals surface area (Å²) in [7, 11) is -2.09. The monoisotopic (exact) mass is 302 g/mol. The molecule has 20 heavy (non-hydrogen) atoms. The minimum atomic E-state index is -3.66. The Kier molecular flexibility index (Phi) is 4.31. The number of halogens is 1. The molecule has 0 radical (unpaired) electrons. The molecule has 1 unspecified atom stereocenters. The van der Waals surface area contributed by atoms with Crippen molar-refractivity contribution >= 4 is 15.7 Å². The van der Waals surface area contributed by atoms with Crippen LogP contribution < -0.4 is 5.73 Å². The molecule has 0 saturated carbocycles. The number of anilines is 1. The van der Waals surface area contributed by atoms with Crippen molar-refractivity contribution in [2.24, 2.45) is 0 Å². The topological polar surface area (TPSA) is 72.6 Å². The first kappa shape index (κ1) is 15.2. The number of nitrogen functional groups attached to an aromatic ring is 1. The third-order valence-corrected chi connectivity index (χ3v) is 5.41. The molecule has 0 bridgehead atoms. The zero-order valence-corrected chi connectivity index (χ0v) is 12.4. The number of nitrogens with zero attached hydrogens (tertiary/aromatic N) is 1. The molecule has 1 atom stereocenters. The van der Waals surface area contributed by atoms with Crippen LogP contribution in [0, 0.1) is 12.7 Å². The third-order valence-electron chi connectivity index (χ3n) is 3.57. The molecule has 1 aliphatic rings. The van der Waals surface area contributed by atoms with Gasteiger partial charge in [-0.3, -0.25) is 0 Å². The van der Waals surface area contributed by atoms with Crippen LogP contribution in [0.25, 0.3) is 0 Å². The lowest BCUT2D eigenvalue weighted by Gasteiger charge is -2.31. The van der Waals surface area contributed by atoms with Crippen molar-refractivity contribution in [3.8, 4) is 0 Å². The Morgan fingerprint density at radius 1 is 1.45 bits per heavy atom. The highest BCUT2D eigenvalue weighted by Gasteiger charge is 2.30. The van der Waals surface area contributed by atoms with E-state index in [9.17, 15) is 12.8 Å². The predicted molar refractivity (Wildman–Crippen MR) is 74.3 cm³/mol. The number of aryl methyl sites for hydroxylation is 1. The van der Waals surface area contributed by atoms with E-state index in [-0.39, 0.29) is 22.3 Å². The normalized spacial score (nSPS) is 21.1. The van der Waals surface area contributed by atoms with E-state index >= 15 is 0 Å². The molecule has 1 saturated heterocycles. The average Bonchev–Trinajstić information content (AvgIpc) is 2.44. The molecule has 1 heterocycles. The number of benzene rings is 1. The molecule has 1 aliphatic heterocycles. The van der Waals surface area contributed by atoms with Crippen LogP contribution in [0.3, 0.4) is 0 Å². The first-order chi connectivity index (χ1) is 9.36. The number of hydrogen-bond acceptors (Lipinski definition) is 4. The smallest absolute Gasteiger partial charge is 0.243 e. The van der Waals surface area contributed by atoms with Crippen molar-refractivity contribution in [1.29, 1.82) is 0 Å². The van der Waals surface area contributed by atoms with Crippen LogP contribution in [-0.2, 0) is 14.8 Å². The highest BCUT2D eigenvalue weighted by molar-refractivity contribution is 7.89. The van der Waals surface area contributed by atoms with Crippen molar-refractivity contribution in [1.82, 2.24) is 4.31 Å². The minimum Gasteiger partial charge on any atom is -0.396 e. The van der Waals surface area contributed by atoms with E-state index in [1.165, 1.54) is 23.4 Å². The summed E-state index contributed by atoms with van der Waals surface area (Å²) in [5.41, 5.74) is 5.60. The molecule has 2 N–H and O–H groups in total. The number of methoxy groups -OCH3 is 1. The quantitative estimate of drug-likeness (QED) is 0.859. The van der Waals surface area contributed by atoms with Gasteiger partial charge in [0.2, 0.25) is 10.0 Å². The van der Waals surface area contributed by atoms with E-state index in [0.29, 0.717) is 13.1 Å². The summed E-state index contributed by atoms with van der Waals surface area (Å²) in [5.74, 6) is -0.572. The molecular formula is C13H19FN2O3S. The lowest BCUT2D eigenvalue weighted by molar-refractivity contribution is 0.0572. The standard InChI is InChI=1S/C13H19FN2O3S/c1-9-6-11(7-12(15)13(9)14)20(17,18)16-5-3-4-10(8-16)19-2/h6-7,10H,3-5,8,15H2,1-2H3. The second kappa shape index (κ2) is 5.67. The van der Waals surface area contributed by atoms with E-state index in [4.69, 9.17) is 10.5 Å². The molecular weight excluding hydrogens is 283 g/mol. The van der Waals surface area contributed by atoms with Crippen molar-refractivity contribution in [2.45, 2.75) is 30.8 Å². The average molecular weight is 302 g/mol.